The number of rotatable bonds is 8. The highest BCUT2D eigenvalue weighted by Crippen LogP contribution is 2.30. The molecule has 0 amide bonds. The fourth-order valence-corrected chi connectivity index (χ4v) is 4.52. The molecule has 7 nitrogen and oxygen atoms in total. The highest BCUT2D eigenvalue weighted by molar-refractivity contribution is 7.89. The first-order valence-electron chi connectivity index (χ1n) is 7.96. The third kappa shape index (κ3) is 4.33. The monoisotopic (exact) mass is 409 g/mol. The van der Waals surface area contributed by atoms with E-state index in [0.29, 0.717) is 22.1 Å². The molecule has 1 atom stereocenters. The predicted molar refractivity (Wildman–Crippen MR) is 101 cm³/mol. The van der Waals surface area contributed by atoms with Crippen molar-refractivity contribution in [2.45, 2.75) is 17.5 Å². The van der Waals surface area contributed by atoms with Gasteiger partial charge in [-0.2, -0.15) is 0 Å². The summed E-state index contributed by atoms with van der Waals surface area (Å²) in [5.74, 6) is 1.22. The molecule has 1 aromatic carbocycles. The first kappa shape index (κ1) is 19.4. The summed E-state index contributed by atoms with van der Waals surface area (Å²) in [5, 5.41) is 10.3. The predicted octanol–water partition coefficient (Wildman–Crippen LogP) is 2.92. The third-order valence-electron chi connectivity index (χ3n) is 3.87. The summed E-state index contributed by atoms with van der Waals surface area (Å²) in [4.78, 5) is 1.51. The van der Waals surface area contributed by atoms with Crippen molar-refractivity contribution in [3.05, 3.63) is 64.2 Å². The Kier molecular flexibility index (Phi) is 5.85. The van der Waals surface area contributed by atoms with Crippen LogP contribution in [0.15, 0.2) is 58.0 Å². The van der Waals surface area contributed by atoms with E-state index >= 15 is 0 Å². The van der Waals surface area contributed by atoms with Gasteiger partial charge in [-0.05, 0) is 36.4 Å². The van der Waals surface area contributed by atoms with Crippen molar-refractivity contribution in [3.63, 3.8) is 0 Å². The molecule has 2 N–H and O–H groups in total. The summed E-state index contributed by atoms with van der Waals surface area (Å²) < 4.78 is 43.1. The number of hydrogen-bond donors (Lipinski definition) is 2. The van der Waals surface area contributed by atoms with Crippen molar-refractivity contribution in [2.24, 2.45) is 0 Å². The lowest BCUT2D eigenvalue weighted by molar-refractivity contribution is 0.193. The van der Waals surface area contributed by atoms with E-state index in [1.165, 1.54) is 50.0 Å². The Morgan fingerprint density at radius 1 is 1.15 bits per heavy atom. The molecule has 27 heavy (non-hydrogen) atoms. The molecule has 0 saturated heterocycles. The van der Waals surface area contributed by atoms with Gasteiger partial charge in [-0.15, -0.1) is 11.3 Å². The second kappa shape index (κ2) is 8.13. The third-order valence-corrected chi connectivity index (χ3v) is 6.40. The number of benzene rings is 1. The zero-order valence-electron chi connectivity index (χ0n) is 14.7. The maximum absolute atomic E-state index is 12.5. The molecule has 2 aromatic heterocycles. The number of sulfonamides is 1. The van der Waals surface area contributed by atoms with E-state index in [2.05, 4.69) is 4.72 Å². The van der Waals surface area contributed by atoms with E-state index in [1.807, 2.05) is 0 Å². The number of hydrogen-bond acceptors (Lipinski definition) is 7. The minimum absolute atomic E-state index is 0.0764. The van der Waals surface area contributed by atoms with E-state index in [1.54, 1.807) is 24.3 Å². The summed E-state index contributed by atoms with van der Waals surface area (Å²) in [6.07, 6.45) is 0.617. The van der Waals surface area contributed by atoms with Gasteiger partial charge < -0.3 is 19.0 Å². The van der Waals surface area contributed by atoms with Crippen LogP contribution in [-0.2, 0) is 16.6 Å². The van der Waals surface area contributed by atoms with Gasteiger partial charge >= 0.3 is 0 Å². The van der Waals surface area contributed by atoms with Crippen molar-refractivity contribution in [1.82, 2.24) is 4.72 Å². The standard InChI is InChI=1S/C18H19NO6S2/c1-23-14-7-6-13(10-16(14)24-2)27(21,22)19-11-12-5-8-17(26-12)18(20)15-4-3-9-25-15/h3-10,18-20H,11H2,1-2H3. The van der Waals surface area contributed by atoms with Crippen LogP contribution in [0.3, 0.4) is 0 Å². The molecule has 9 heteroatoms. The molecule has 0 spiro atoms. The fraction of sp³-hybridized carbons (Fsp3) is 0.222. The van der Waals surface area contributed by atoms with Crippen LogP contribution in [0, 0.1) is 0 Å². The number of ether oxygens (including phenoxy) is 2. The smallest absolute Gasteiger partial charge is 0.241 e. The number of nitrogens with one attached hydrogen (secondary N) is 1. The van der Waals surface area contributed by atoms with Crippen LogP contribution in [0.25, 0.3) is 0 Å². The van der Waals surface area contributed by atoms with Crippen molar-refractivity contribution < 1.29 is 27.4 Å². The molecule has 0 aliphatic heterocycles. The van der Waals surface area contributed by atoms with Gasteiger partial charge in [0.2, 0.25) is 10.0 Å². The molecule has 0 aliphatic carbocycles. The molecular weight excluding hydrogens is 390 g/mol. The Morgan fingerprint density at radius 3 is 2.59 bits per heavy atom. The van der Waals surface area contributed by atoms with Crippen LogP contribution in [0.4, 0.5) is 0 Å². The summed E-state index contributed by atoms with van der Waals surface area (Å²) in [6.45, 7) is 0.103. The highest BCUT2D eigenvalue weighted by atomic mass is 32.2. The Morgan fingerprint density at radius 2 is 1.93 bits per heavy atom. The molecule has 0 fully saturated rings. The van der Waals surface area contributed by atoms with E-state index < -0.39 is 16.1 Å². The largest absolute Gasteiger partial charge is 0.493 e. The molecule has 3 aromatic rings. The summed E-state index contributed by atoms with van der Waals surface area (Å²) in [7, 11) is -0.805. The van der Waals surface area contributed by atoms with Crippen molar-refractivity contribution in [3.8, 4) is 11.5 Å². The molecule has 144 valence electrons. The normalized spacial score (nSPS) is 12.7. The van der Waals surface area contributed by atoms with E-state index in [0.717, 1.165) is 4.88 Å². The molecule has 1 unspecified atom stereocenters. The molecule has 0 saturated carbocycles. The van der Waals surface area contributed by atoms with Crippen LogP contribution in [-0.4, -0.2) is 27.7 Å². The minimum atomic E-state index is -3.73. The lowest BCUT2D eigenvalue weighted by Gasteiger charge is -2.10. The molecule has 0 bridgehead atoms. The zero-order chi connectivity index (χ0) is 19.4. The van der Waals surface area contributed by atoms with Gasteiger partial charge in [0.25, 0.3) is 0 Å². The average molecular weight is 409 g/mol. The van der Waals surface area contributed by atoms with Crippen LogP contribution < -0.4 is 14.2 Å². The number of thiophene rings is 1. The highest BCUT2D eigenvalue weighted by Gasteiger charge is 2.19. The van der Waals surface area contributed by atoms with Gasteiger partial charge in [-0.25, -0.2) is 13.1 Å². The second-order valence-corrected chi connectivity index (χ2v) is 8.53. The summed E-state index contributed by atoms with van der Waals surface area (Å²) >= 11 is 1.31. The van der Waals surface area contributed by atoms with Gasteiger partial charge in [-0.3, -0.25) is 0 Å². The number of methoxy groups -OCH3 is 2. The quantitative estimate of drug-likeness (QED) is 0.594. The van der Waals surface area contributed by atoms with Gasteiger partial charge in [0.1, 0.15) is 11.9 Å². The number of aliphatic hydroxyl groups excluding tert-OH is 1. The maximum Gasteiger partial charge on any atom is 0.241 e. The van der Waals surface area contributed by atoms with Crippen molar-refractivity contribution in [2.75, 3.05) is 14.2 Å². The maximum atomic E-state index is 12.5. The van der Waals surface area contributed by atoms with E-state index in [9.17, 15) is 13.5 Å². The number of aliphatic hydroxyl groups is 1. The Bertz CT molecular complexity index is 995. The van der Waals surface area contributed by atoms with Crippen LogP contribution >= 0.6 is 11.3 Å². The second-order valence-electron chi connectivity index (χ2n) is 5.56. The zero-order valence-corrected chi connectivity index (χ0v) is 16.3. The van der Waals surface area contributed by atoms with E-state index in [4.69, 9.17) is 13.9 Å². The average Bonchev–Trinajstić information content (AvgIpc) is 3.37. The summed E-state index contributed by atoms with van der Waals surface area (Å²) in [5.41, 5.74) is 0. The van der Waals surface area contributed by atoms with Crippen molar-refractivity contribution in [1.29, 1.82) is 0 Å². The van der Waals surface area contributed by atoms with Gasteiger partial charge in [0.05, 0.1) is 25.4 Å². The first-order valence-corrected chi connectivity index (χ1v) is 10.3. The van der Waals surface area contributed by atoms with Crippen LogP contribution in [0.1, 0.15) is 21.6 Å². The summed E-state index contributed by atoms with van der Waals surface area (Å²) in [6, 6.07) is 11.3. The molecule has 3 rings (SSSR count). The molecule has 0 radical (unpaired) electrons. The topological polar surface area (TPSA) is 98.0 Å². The lowest BCUT2D eigenvalue weighted by atomic mass is 10.2. The van der Waals surface area contributed by atoms with E-state index in [-0.39, 0.29) is 11.4 Å². The Balaban J connectivity index is 1.71. The SMILES string of the molecule is COc1ccc(S(=O)(=O)NCc2ccc(C(O)c3ccco3)s2)cc1OC. The van der Waals surface area contributed by atoms with Gasteiger partial charge in [0.15, 0.2) is 11.5 Å². The Hall–Kier alpha value is -2.33. The molecule has 2 heterocycles. The van der Waals surface area contributed by atoms with Gasteiger partial charge in [0, 0.05) is 22.4 Å². The molecular formula is C18H19NO6S2. The fourth-order valence-electron chi connectivity index (χ4n) is 2.46. The molecule has 0 aliphatic rings. The minimum Gasteiger partial charge on any atom is -0.493 e. The first-order chi connectivity index (χ1) is 12.9. The lowest BCUT2D eigenvalue weighted by Crippen LogP contribution is -2.22. The Labute approximate surface area is 161 Å². The van der Waals surface area contributed by atoms with Crippen molar-refractivity contribution >= 4 is 21.4 Å². The van der Waals surface area contributed by atoms with Crippen LogP contribution in [0.2, 0.25) is 0 Å². The number of furan rings is 1. The van der Waals surface area contributed by atoms with Crippen LogP contribution in [0.5, 0.6) is 11.5 Å². The van der Waals surface area contributed by atoms with Gasteiger partial charge in [-0.1, -0.05) is 0 Å².